The molecule has 0 amide bonds. The van der Waals surface area contributed by atoms with Crippen LogP contribution >= 0.6 is 11.3 Å². The zero-order chi connectivity index (χ0) is 7.68. The van der Waals surface area contributed by atoms with Gasteiger partial charge in [0, 0.05) is 6.20 Å². The summed E-state index contributed by atoms with van der Waals surface area (Å²) in [4.78, 5) is 19.0. The third-order valence-corrected chi connectivity index (χ3v) is 1.99. The first-order valence-electron chi connectivity index (χ1n) is 3.06. The molecular weight excluding hydrogens is 160 g/mol. The smallest absolute Gasteiger partial charge is 0.244 e. The molecule has 2 aromatic heterocycles. The van der Waals surface area contributed by atoms with E-state index in [1.807, 2.05) is 0 Å². The van der Waals surface area contributed by atoms with Crippen molar-refractivity contribution in [3.63, 3.8) is 0 Å². The number of hydrogen-bond donors (Lipinski definition) is 0. The molecule has 0 atom stereocenters. The first kappa shape index (κ1) is 6.42. The molecule has 0 radical (unpaired) electrons. The average molecular weight is 164 g/mol. The van der Waals surface area contributed by atoms with Crippen LogP contribution in [0.25, 0.3) is 11.0 Å². The van der Waals surface area contributed by atoms with Crippen LogP contribution in [0, 0.1) is 0 Å². The molecule has 0 aliphatic heterocycles. The molecule has 0 aliphatic carbocycles. The van der Waals surface area contributed by atoms with Gasteiger partial charge in [-0.15, -0.1) is 0 Å². The normalized spacial score (nSPS) is 10.2. The molecule has 11 heavy (non-hydrogen) atoms. The summed E-state index contributed by atoms with van der Waals surface area (Å²) in [5, 5.41) is 0.597. The lowest BCUT2D eigenvalue weighted by Gasteiger charge is -1.89. The van der Waals surface area contributed by atoms with Gasteiger partial charge in [0.05, 0.1) is 10.9 Å². The first-order chi connectivity index (χ1) is 5.38. The van der Waals surface area contributed by atoms with E-state index in [-0.39, 0.29) is 4.74 Å². The number of aromatic nitrogens is 2. The molecule has 0 saturated heterocycles. The molecule has 0 fully saturated rings. The average Bonchev–Trinajstić information content (AvgIpc) is 2.06. The summed E-state index contributed by atoms with van der Waals surface area (Å²) >= 11 is 1.09. The third kappa shape index (κ3) is 1.01. The van der Waals surface area contributed by atoms with Crippen molar-refractivity contribution < 1.29 is 0 Å². The Balaban J connectivity index is 3.03. The standard InChI is InChI=1S/C7H4N2OS/c10-7-5-2-1-3-8-6(5)9-4-11-7/h1-4H. The second-order valence-corrected chi connectivity index (χ2v) is 2.83. The van der Waals surface area contributed by atoms with Gasteiger partial charge < -0.3 is 0 Å². The van der Waals surface area contributed by atoms with Gasteiger partial charge in [0.2, 0.25) is 4.74 Å². The molecule has 2 rings (SSSR count). The molecular formula is C7H4N2OS. The first-order valence-corrected chi connectivity index (χ1v) is 3.94. The molecule has 0 bridgehead atoms. The van der Waals surface area contributed by atoms with Crippen LogP contribution in [0.2, 0.25) is 0 Å². The van der Waals surface area contributed by atoms with Crippen LogP contribution in [0.3, 0.4) is 0 Å². The van der Waals surface area contributed by atoms with Crippen LogP contribution in [-0.4, -0.2) is 9.97 Å². The van der Waals surface area contributed by atoms with Crippen LogP contribution in [0.4, 0.5) is 0 Å². The Bertz CT molecular complexity index is 432. The van der Waals surface area contributed by atoms with E-state index in [0.29, 0.717) is 11.0 Å². The number of nitrogens with zero attached hydrogens (tertiary/aromatic N) is 2. The van der Waals surface area contributed by atoms with Gasteiger partial charge in [-0.3, -0.25) is 4.79 Å². The highest BCUT2D eigenvalue weighted by Crippen LogP contribution is 2.01. The van der Waals surface area contributed by atoms with Gasteiger partial charge in [0.15, 0.2) is 5.65 Å². The van der Waals surface area contributed by atoms with Gasteiger partial charge in [0.25, 0.3) is 0 Å². The summed E-state index contributed by atoms with van der Waals surface area (Å²) in [6.07, 6.45) is 1.62. The maximum absolute atomic E-state index is 11.1. The molecule has 0 unspecified atom stereocenters. The Morgan fingerprint density at radius 3 is 3.09 bits per heavy atom. The highest BCUT2D eigenvalue weighted by atomic mass is 32.1. The van der Waals surface area contributed by atoms with Gasteiger partial charge in [-0.1, -0.05) is 11.3 Å². The summed E-state index contributed by atoms with van der Waals surface area (Å²) in [6, 6.07) is 3.46. The minimum Gasteiger partial charge on any atom is -0.277 e. The van der Waals surface area contributed by atoms with Crippen molar-refractivity contribution in [3.8, 4) is 0 Å². The topological polar surface area (TPSA) is 42.9 Å². The molecule has 0 aliphatic rings. The van der Waals surface area contributed by atoms with Crippen molar-refractivity contribution in [2.45, 2.75) is 0 Å². The lowest BCUT2D eigenvalue weighted by Crippen LogP contribution is -1.96. The Morgan fingerprint density at radius 1 is 1.36 bits per heavy atom. The Kier molecular flexibility index (Phi) is 1.40. The quantitative estimate of drug-likeness (QED) is 0.584. The summed E-state index contributed by atoms with van der Waals surface area (Å²) in [7, 11) is 0. The van der Waals surface area contributed by atoms with Crippen LogP contribution in [0.15, 0.2) is 28.6 Å². The highest BCUT2D eigenvalue weighted by molar-refractivity contribution is 7.07. The van der Waals surface area contributed by atoms with Gasteiger partial charge in [-0.05, 0) is 12.1 Å². The fraction of sp³-hybridized carbons (Fsp3) is 0. The van der Waals surface area contributed by atoms with E-state index >= 15 is 0 Å². The minimum absolute atomic E-state index is 0.0168. The lowest BCUT2D eigenvalue weighted by molar-refractivity contribution is 1.31. The van der Waals surface area contributed by atoms with Crippen molar-refractivity contribution in [1.82, 2.24) is 9.97 Å². The zero-order valence-electron chi connectivity index (χ0n) is 5.52. The Labute approximate surface area is 66.4 Å². The number of fused-ring (bicyclic) bond motifs is 1. The van der Waals surface area contributed by atoms with E-state index in [1.165, 1.54) is 5.51 Å². The van der Waals surface area contributed by atoms with Crippen molar-refractivity contribution in [2.24, 2.45) is 0 Å². The van der Waals surface area contributed by atoms with Gasteiger partial charge in [0.1, 0.15) is 0 Å². The summed E-state index contributed by atoms with van der Waals surface area (Å²) in [6.45, 7) is 0. The van der Waals surface area contributed by atoms with E-state index in [2.05, 4.69) is 9.97 Å². The summed E-state index contributed by atoms with van der Waals surface area (Å²) in [5.41, 5.74) is 2.04. The van der Waals surface area contributed by atoms with Crippen molar-refractivity contribution >= 4 is 22.4 Å². The second-order valence-electron chi connectivity index (χ2n) is 2.01. The molecule has 2 aromatic rings. The number of pyridine rings is 1. The van der Waals surface area contributed by atoms with Crippen molar-refractivity contribution in [2.75, 3.05) is 0 Å². The summed E-state index contributed by atoms with van der Waals surface area (Å²) in [5.74, 6) is 0. The van der Waals surface area contributed by atoms with Gasteiger partial charge in [-0.25, -0.2) is 9.97 Å². The van der Waals surface area contributed by atoms with Crippen LogP contribution in [-0.2, 0) is 0 Å². The SMILES string of the molecule is O=c1scnc2ncccc12. The van der Waals surface area contributed by atoms with Crippen molar-refractivity contribution in [3.05, 3.63) is 33.4 Å². The van der Waals surface area contributed by atoms with Gasteiger partial charge >= 0.3 is 0 Å². The van der Waals surface area contributed by atoms with E-state index < -0.39 is 0 Å². The fourth-order valence-corrected chi connectivity index (χ4v) is 1.38. The molecule has 0 spiro atoms. The fourth-order valence-electron chi connectivity index (χ4n) is 0.847. The zero-order valence-corrected chi connectivity index (χ0v) is 6.34. The molecule has 2 heterocycles. The molecule has 0 N–H and O–H groups in total. The van der Waals surface area contributed by atoms with E-state index in [1.54, 1.807) is 18.3 Å². The monoisotopic (exact) mass is 164 g/mol. The predicted octanol–water partition coefficient (Wildman–Crippen LogP) is 1.05. The van der Waals surface area contributed by atoms with E-state index in [0.717, 1.165) is 11.3 Å². The molecule has 0 saturated carbocycles. The van der Waals surface area contributed by atoms with Gasteiger partial charge in [-0.2, -0.15) is 0 Å². The summed E-state index contributed by atoms with van der Waals surface area (Å²) < 4.78 is 0.0168. The van der Waals surface area contributed by atoms with Crippen molar-refractivity contribution in [1.29, 1.82) is 0 Å². The molecule has 3 nitrogen and oxygen atoms in total. The van der Waals surface area contributed by atoms with Crippen LogP contribution < -0.4 is 4.74 Å². The van der Waals surface area contributed by atoms with E-state index in [9.17, 15) is 4.79 Å². The highest BCUT2D eigenvalue weighted by Gasteiger charge is 1.96. The molecule has 4 heteroatoms. The minimum atomic E-state index is 0.0168. The van der Waals surface area contributed by atoms with Crippen LogP contribution in [0.1, 0.15) is 0 Å². The van der Waals surface area contributed by atoms with E-state index in [4.69, 9.17) is 0 Å². The van der Waals surface area contributed by atoms with Crippen LogP contribution in [0.5, 0.6) is 0 Å². The lowest BCUT2D eigenvalue weighted by atomic mass is 10.4. The third-order valence-electron chi connectivity index (χ3n) is 1.34. The maximum atomic E-state index is 11.1. The second kappa shape index (κ2) is 2.39. The number of rotatable bonds is 0. The molecule has 54 valence electrons. The maximum Gasteiger partial charge on any atom is 0.244 e. The Hall–Kier alpha value is -1.29. The Morgan fingerprint density at radius 2 is 2.27 bits per heavy atom. The molecule has 0 aromatic carbocycles. The number of hydrogen-bond acceptors (Lipinski definition) is 4. The predicted molar refractivity (Wildman–Crippen MR) is 43.7 cm³/mol. The largest absolute Gasteiger partial charge is 0.277 e.